The van der Waals surface area contributed by atoms with Gasteiger partial charge in [0.2, 0.25) is 5.69 Å². The third-order valence-electron chi connectivity index (χ3n) is 15.9. The van der Waals surface area contributed by atoms with Crippen LogP contribution in [0.15, 0.2) is 182 Å². The molecule has 0 bridgehead atoms. The molecule has 86 heavy (non-hydrogen) atoms. The lowest BCUT2D eigenvalue weighted by molar-refractivity contribution is -0.144. The summed E-state index contributed by atoms with van der Waals surface area (Å²) in [5.41, 5.74) is 3.45. The van der Waals surface area contributed by atoms with E-state index >= 15 is 0 Å². The van der Waals surface area contributed by atoms with Crippen LogP contribution in [0.5, 0.6) is 0 Å². The van der Waals surface area contributed by atoms with Gasteiger partial charge in [0.1, 0.15) is 6.07 Å². The second-order valence-electron chi connectivity index (χ2n) is 21.4. The van der Waals surface area contributed by atoms with E-state index in [4.69, 9.17) is 6.57 Å². The third kappa shape index (κ3) is 9.84. The number of benzene rings is 10. The molecule has 0 spiro atoms. The average molecular weight is 1170 g/mol. The van der Waals surface area contributed by atoms with E-state index in [1.807, 2.05) is 50.5 Å². The molecule has 4 nitrogen and oxygen atoms in total. The number of hydrogen-bond donors (Lipinski definition) is 0. The summed E-state index contributed by atoms with van der Waals surface area (Å²) in [5, 5.41) is 13.3. The van der Waals surface area contributed by atoms with Gasteiger partial charge in [0.05, 0.1) is 67.8 Å². The highest BCUT2D eigenvalue weighted by Crippen LogP contribution is 2.48. The van der Waals surface area contributed by atoms with E-state index in [1.165, 1.54) is 47.0 Å². The molecule has 12 aromatic rings. The lowest BCUT2D eigenvalue weighted by Crippen LogP contribution is -2.12. The van der Waals surface area contributed by atoms with Crippen molar-refractivity contribution in [3.8, 4) is 73.1 Å². The van der Waals surface area contributed by atoms with Gasteiger partial charge in [0.15, 0.2) is 0 Å². The number of rotatable bonds is 7. The molecule has 12 rings (SSSR count). The van der Waals surface area contributed by atoms with Crippen molar-refractivity contribution in [2.24, 2.45) is 0 Å². The van der Waals surface area contributed by atoms with E-state index in [9.17, 15) is 57.9 Å². The minimum Gasteiger partial charge on any atom is -0.319 e. The van der Waals surface area contributed by atoms with Crippen LogP contribution in [0.1, 0.15) is 50.1 Å². The van der Waals surface area contributed by atoms with Crippen LogP contribution in [0.3, 0.4) is 0 Å². The maximum Gasteiger partial charge on any atom is 0.417 e. The fraction of sp³-hybridized carbons (Fsp3) is 0.114. The van der Waals surface area contributed by atoms with E-state index in [-0.39, 0.29) is 62.0 Å². The zero-order valence-corrected chi connectivity index (χ0v) is 45.6. The molecule has 0 unspecified atom stereocenters. The molecule has 0 amide bonds. The molecule has 0 fully saturated rings. The Labute approximate surface area is 483 Å². The van der Waals surface area contributed by atoms with Gasteiger partial charge in [0, 0.05) is 21.5 Å². The second kappa shape index (κ2) is 20.3. The van der Waals surface area contributed by atoms with Crippen LogP contribution in [0.2, 0.25) is 0 Å². The molecule has 16 heteroatoms. The Morgan fingerprint density at radius 3 is 1.07 bits per heavy atom. The predicted octanol–water partition coefficient (Wildman–Crippen LogP) is 21.9. The number of halogens is 12. The quantitative estimate of drug-likeness (QED) is 0.116. The maximum atomic E-state index is 14.8. The second-order valence-corrected chi connectivity index (χ2v) is 21.4. The fourth-order valence-electron chi connectivity index (χ4n) is 11.9. The lowest BCUT2D eigenvalue weighted by atomic mass is 9.95. The highest BCUT2D eigenvalue weighted by Gasteiger charge is 2.40. The SMILES string of the molecule is [C-]#[N+]c1ccc(-c2ccc(C#N)c(-n3c4cc(-c5ccc(C)cc5C)ccc4c4ccc(-c5ccc(C)cc5C)cc43)c2)cc1-n1c2cc(-c3ccc(C(F)(F)F)cc3C(F)(F)F)ccc2c2ccc(-c3ccc(C(F)(F)F)cc3C(F)(F)F)cc21. The maximum absolute atomic E-state index is 14.8. The van der Waals surface area contributed by atoms with Crippen molar-refractivity contribution in [3.63, 3.8) is 0 Å². The highest BCUT2D eigenvalue weighted by atomic mass is 19.4. The van der Waals surface area contributed by atoms with Crippen LogP contribution in [0, 0.1) is 45.6 Å². The zero-order valence-electron chi connectivity index (χ0n) is 45.6. The molecule has 0 aliphatic heterocycles. The molecule has 0 saturated heterocycles. The van der Waals surface area contributed by atoms with Crippen LogP contribution >= 0.6 is 0 Å². The Morgan fingerprint density at radius 1 is 0.360 bits per heavy atom. The molecule has 2 heterocycles. The van der Waals surface area contributed by atoms with Gasteiger partial charge in [-0.3, -0.25) is 0 Å². The minimum atomic E-state index is -5.29. The van der Waals surface area contributed by atoms with E-state index in [1.54, 1.807) is 24.3 Å². The van der Waals surface area contributed by atoms with E-state index in [2.05, 4.69) is 71.6 Å². The molecular weight excluding hydrogens is 1120 g/mol. The monoisotopic (exact) mass is 1170 g/mol. The summed E-state index contributed by atoms with van der Waals surface area (Å²) in [7, 11) is 0. The summed E-state index contributed by atoms with van der Waals surface area (Å²) in [6.45, 7) is 16.5. The Balaban J connectivity index is 1.12. The summed E-state index contributed by atoms with van der Waals surface area (Å²) in [5.74, 6) is 0. The van der Waals surface area contributed by atoms with Crippen molar-refractivity contribution in [2.75, 3.05) is 0 Å². The number of fused-ring (bicyclic) bond motifs is 6. The van der Waals surface area contributed by atoms with Crippen molar-refractivity contribution < 1.29 is 52.7 Å². The van der Waals surface area contributed by atoms with E-state index < -0.39 is 58.1 Å². The normalized spacial score (nSPS) is 12.4. The van der Waals surface area contributed by atoms with Crippen LogP contribution in [-0.2, 0) is 24.7 Å². The van der Waals surface area contributed by atoms with Gasteiger partial charge in [-0.15, -0.1) is 0 Å². The Kier molecular flexibility index (Phi) is 13.3. The Bertz CT molecular complexity index is 4660. The molecule has 0 atom stereocenters. The molecule has 10 aromatic carbocycles. The van der Waals surface area contributed by atoms with E-state index in [0.717, 1.165) is 66.3 Å². The van der Waals surface area contributed by atoms with Crippen molar-refractivity contribution in [1.29, 1.82) is 5.26 Å². The zero-order chi connectivity index (χ0) is 61.1. The third-order valence-corrected chi connectivity index (χ3v) is 15.9. The first-order valence-electron chi connectivity index (χ1n) is 26.7. The molecule has 0 aliphatic carbocycles. The van der Waals surface area contributed by atoms with Crippen LogP contribution < -0.4 is 0 Å². The first kappa shape index (κ1) is 56.4. The van der Waals surface area contributed by atoms with E-state index in [0.29, 0.717) is 41.1 Å². The van der Waals surface area contributed by atoms with Gasteiger partial charge < -0.3 is 9.13 Å². The summed E-state index contributed by atoms with van der Waals surface area (Å²) < 4.78 is 176. The van der Waals surface area contributed by atoms with Gasteiger partial charge in [-0.2, -0.15) is 57.9 Å². The molecule has 0 saturated carbocycles. The van der Waals surface area contributed by atoms with Crippen molar-refractivity contribution >= 4 is 49.3 Å². The number of aryl methyl sites for hydroxylation is 4. The number of aromatic nitrogens is 2. The molecule has 426 valence electrons. The predicted molar refractivity (Wildman–Crippen MR) is 312 cm³/mol. The summed E-state index contributed by atoms with van der Waals surface area (Å²) in [6, 6.07) is 47.3. The lowest BCUT2D eigenvalue weighted by Gasteiger charge is -2.18. The summed E-state index contributed by atoms with van der Waals surface area (Å²) in [6.07, 6.45) is -20.9. The summed E-state index contributed by atoms with van der Waals surface area (Å²) in [4.78, 5) is 3.81. The minimum absolute atomic E-state index is 0.00314. The molecule has 2 aromatic heterocycles. The van der Waals surface area contributed by atoms with Gasteiger partial charge >= 0.3 is 24.7 Å². The van der Waals surface area contributed by atoms with Gasteiger partial charge in [-0.05, 0) is 161 Å². The van der Waals surface area contributed by atoms with Gasteiger partial charge in [0.25, 0.3) is 0 Å². The van der Waals surface area contributed by atoms with Gasteiger partial charge in [-0.1, -0.05) is 126 Å². The number of alkyl halides is 12. The fourth-order valence-corrected chi connectivity index (χ4v) is 11.9. The van der Waals surface area contributed by atoms with Gasteiger partial charge in [-0.25, -0.2) is 4.85 Å². The standard InChI is InChI=1S/C70H42F12N4/c1-37-6-17-50(39(3)26-37)43-10-19-54-55-20-11-44(51-18-7-38(2)27-40(51)4)31-63(55)85(62(54)30-43)61-28-41(8-9-47(61)36-83)42-14-25-60(84-5)66(29-42)86-64-32-45(52-23-15-48(67(71,72)73)34-58(52)69(77,78)79)12-21-56(64)57-22-13-46(33-65(57)86)53-24-16-49(68(74,75)76)35-59(53)70(80,81)82/h6-35H,1-4H3. The first-order valence-corrected chi connectivity index (χ1v) is 26.7. The molecular formula is C70H42F12N4. The van der Waals surface area contributed by atoms with Crippen LogP contribution in [0.4, 0.5) is 58.4 Å². The Morgan fingerprint density at radius 2 is 0.709 bits per heavy atom. The Hall–Kier alpha value is -10.1. The average Bonchev–Trinajstić information content (AvgIpc) is 1.59. The molecule has 0 aliphatic rings. The smallest absolute Gasteiger partial charge is 0.319 e. The number of nitrogens with zero attached hydrogens (tertiary/aromatic N) is 4. The molecule has 0 radical (unpaired) electrons. The topological polar surface area (TPSA) is 38.0 Å². The van der Waals surface area contributed by atoms with Crippen molar-refractivity contribution in [1.82, 2.24) is 9.13 Å². The number of nitriles is 1. The van der Waals surface area contributed by atoms with Crippen molar-refractivity contribution in [3.05, 3.63) is 243 Å². The number of hydrogen-bond acceptors (Lipinski definition) is 1. The highest BCUT2D eigenvalue weighted by molar-refractivity contribution is 6.13. The van der Waals surface area contributed by atoms with Crippen LogP contribution in [-0.4, -0.2) is 9.13 Å². The van der Waals surface area contributed by atoms with Crippen LogP contribution in [0.25, 0.3) is 115 Å². The van der Waals surface area contributed by atoms with Crippen molar-refractivity contribution in [2.45, 2.75) is 52.4 Å². The first-order chi connectivity index (χ1) is 40.7. The largest absolute Gasteiger partial charge is 0.417 e. The summed E-state index contributed by atoms with van der Waals surface area (Å²) >= 11 is 0. The molecule has 0 N–H and O–H groups in total.